The van der Waals surface area contributed by atoms with Crippen LogP contribution in [0.15, 0.2) is 35.4 Å². The summed E-state index contributed by atoms with van der Waals surface area (Å²) in [5.41, 5.74) is 0. The van der Waals surface area contributed by atoms with E-state index in [1.807, 2.05) is 0 Å². The fraction of sp³-hybridized carbons (Fsp3) is 0.333. The van der Waals surface area contributed by atoms with Gasteiger partial charge >= 0.3 is 6.09 Å². The van der Waals surface area contributed by atoms with E-state index in [1.54, 1.807) is 30.5 Å². The number of amides is 1. The number of alkyl carbamates (subject to hydrolysis) is 1. The zero-order chi connectivity index (χ0) is 17.3. The van der Waals surface area contributed by atoms with Crippen LogP contribution in [-0.4, -0.2) is 50.0 Å². The van der Waals surface area contributed by atoms with Crippen LogP contribution >= 0.6 is 11.6 Å². The lowest BCUT2D eigenvalue weighted by Crippen LogP contribution is -2.38. The Hall–Kier alpha value is -1.90. The summed E-state index contributed by atoms with van der Waals surface area (Å²) in [6.45, 7) is 0.527. The molecule has 2 aromatic rings. The molecule has 1 unspecified atom stereocenters. The summed E-state index contributed by atoms with van der Waals surface area (Å²) in [4.78, 5) is 15.4. The number of methoxy groups -OCH3 is 1. The van der Waals surface area contributed by atoms with Crippen LogP contribution in [0.1, 0.15) is 6.42 Å². The van der Waals surface area contributed by atoms with Gasteiger partial charge in [-0.3, -0.25) is 0 Å². The third kappa shape index (κ3) is 3.17. The molecule has 0 saturated carbocycles. The molecular weight excluding hydrogens is 354 g/mol. The number of ether oxygens (including phenoxy) is 1. The monoisotopic (exact) mass is 369 g/mol. The van der Waals surface area contributed by atoms with Gasteiger partial charge in [-0.1, -0.05) is 23.7 Å². The molecule has 2 heterocycles. The third-order valence-corrected chi connectivity index (χ3v) is 6.10. The van der Waals surface area contributed by atoms with Gasteiger partial charge in [0.05, 0.1) is 12.0 Å². The van der Waals surface area contributed by atoms with Crippen LogP contribution in [0.2, 0.25) is 5.15 Å². The van der Waals surface area contributed by atoms with Crippen molar-refractivity contribution in [3.63, 3.8) is 0 Å². The topological polar surface area (TPSA) is 88.6 Å². The Labute approximate surface area is 144 Å². The summed E-state index contributed by atoms with van der Waals surface area (Å²) in [6, 6.07) is 6.28. The van der Waals surface area contributed by atoms with E-state index in [0.717, 1.165) is 0 Å². The Balaban J connectivity index is 1.92. The quantitative estimate of drug-likeness (QED) is 0.836. The normalized spacial score (nSPS) is 18.7. The molecule has 1 amide bonds. The molecule has 1 aromatic heterocycles. The molecule has 1 saturated heterocycles. The highest BCUT2D eigenvalue weighted by Gasteiger charge is 2.34. The van der Waals surface area contributed by atoms with Gasteiger partial charge in [0.2, 0.25) is 10.0 Å². The second-order valence-electron chi connectivity index (χ2n) is 5.47. The van der Waals surface area contributed by atoms with E-state index >= 15 is 0 Å². The fourth-order valence-electron chi connectivity index (χ4n) is 2.77. The van der Waals surface area contributed by atoms with Crippen LogP contribution in [0.4, 0.5) is 4.79 Å². The van der Waals surface area contributed by atoms with Crippen LogP contribution in [0.5, 0.6) is 0 Å². The molecule has 128 valence electrons. The van der Waals surface area contributed by atoms with Crippen LogP contribution in [0.3, 0.4) is 0 Å². The second-order valence-corrected chi connectivity index (χ2v) is 7.76. The lowest BCUT2D eigenvalue weighted by molar-refractivity contribution is 0.167. The van der Waals surface area contributed by atoms with Crippen molar-refractivity contribution in [3.05, 3.63) is 35.6 Å². The molecule has 3 rings (SSSR count). The Bertz CT molecular complexity index is 887. The van der Waals surface area contributed by atoms with Crippen molar-refractivity contribution in [3.8, 4) is 0 Å². The maximum atomic E-state index is 13.0. The summed E-state index contributed by atoms with van der Waals surface area (Å²) >= 11 is 5.92. The standard InChI is InChI=1S/C15H16ClN3O4S/c1-23-15(20)18-11-5-6-19(9-11)24(21,22)13-4-2-3-10-8-17-14(16)7-12(10)13/h2-4,7-8,11H,5-6,9H2,1H3,(H,18,20). The van der Waals surface area contributed by atoms with E-state index in [-0.39, 0.29) is 22.6 Å². The van der Waals surface area contributed by atoms with Crippen LogP contribution in [0.25, 0.3) is 10.8 Å². The van der Waals surface area contributed by atoms with E-state index in [0.29, 0.717) is 23.7 Å². The van der Waals surface area contributed by atoms with E-state index < -0.39 is 16.1 Å². The van der Waals surface area contributed by atoms with Crippen molar-refractivity contribution in [2.45, 2.75) is 17.4 Å². The zero-order valence-electron chi connectivity index (χ0n) is 12.9. The van der Waals surface area contributed by atoms with Crippen molar-refractivity contribution >= 4 is 38.5 Å². The first kappa shape index (κ1) is 16.9. The van der Waals surface area contributed by atoms with Gasteiger partial charge in [0.1, 0.15) is 5.15 Å². The van der Waals surface area contributed by atoms with Crippen LogP contribution in [-0.2, 0) is 14.8 Å². The van der Waals surface area contributed by atoms with Gasteiger partial charge in [0.25, 0.3) is 0 Å². The predicted molar refractivity (Wildman–Crippen MR) is 89.5 cm³/mol. The number of hydrogen-bond acceptors (Lipinski definition) is 5. The molecular formula is C15H16ClN3O4S. The summed E-state index contributed by atoms with van der Waals surface area (Å²) in [7, 11) is -2.43. The number of fused-ring (bicyclic) bond motifs is 1. The first-order valence-corrected chi connectivity index (χ1v) is 9.12. The largest absolute Gasteiger partial charge is 0.453 e. The number of rotatable bonds is 3. The van der Waals surface area contributed by atoms with E-state index in [9.17, 15) is 13.2 Å². The SMILES string of the molecule is COC(=O)NC1CCN(S(=O)(=O)c2cccc3cnc(Cl)cc23)C1. The van der Waals surface area contributed by atoms with Gasteiger partial charge in [-0.25, -0.2) is 18.2 Å². The van der Waals surface area contributed by atoms with E-state index in [4.69, 9.17) is 11.6 Å². The second kappa shape index (κ2) is 6.54. The Kier molecular flexibility index (Phi) is 4.62. The van der Waals surface area contributed by atoms with Gasteiger partial charge in [-0.05, 0) is 18.6 Å². The molecule has 1 atom stereocenters. The lowest BCUT2D eigenvalue weighted by Gasteiger charge is -2.18. The minimum atomic E-state index is -3.70. The number of carbonyl (C=O) groups is 1. The average molecular weight is 370 g/mol. The Morgan fingerprint density at radius 3 is 3.00 bits per heavy atom. The molecule has 1 aromatic carbocycles. The Morgan fingerprint density at radius 2 is 2.25 bits per heavy atom. The van der Waals surface area contributed by atoms with Gasteiger partial charge in [-0.15, -0.1) is 0 Å². The van der Waals surface area contributed by atoms with Crippen molar-refractivity contribution < 1.29 is 17.9 Å². The molecule has 1 aliphatic heterocycles. The molecule has 1 N–H and O–H groups in total. The van der Waals surface area contributed by atoms with Crippen LogP contribution < -0.4 is 5.32 Å². The molecule has 9 heteroatoms. The first-order chi connectivity index (χ1) is 11.4. The highest BCUT2D eigenvalue weighted by Crippen LogP contribution is 2.29. The van der Waals surface area contributed by atoms with Crippen LogP contribution in [0, 0.1) is 0 Å². The minimum absolute atomic E-state index is 0.183. The molecule has 1 aliphatic rings. The van der Waals surface area contributed by atoms with Crippen molar-refractivity contribution in [2.75, 3.05) is 20.2 Å². The Morgan fingerprint density at radius 1 is 1.46 bits per heavy atom. The van der Waals surface area contributed by atoms with E-state index in [1.165, 1.54) is 11.4 Å². The molecule has 0 spiro atoms. The van der Waals surface area contributed by atoms with Crippen molar-refractivity contribution in [1.82, 2.24) is 14.6 Å². The predicted octanol–water partition coefficient (Wildman–Crippen LogP) is 2.01. The number of halogens is 1. The summed E-state index contributed by atoms with van der Waals surface area (Å²) in [5, 5.41) is 4.09. The van der Waals surface area contributed by atoms with Gasteiger partial charge in [0.15, 0.2) is 0 Å². The van der Waals surface area contributed by atoms with Gasteiger partial charge in [0, 0.05) is 36.1 Å². The van der Waals surface area contributed by atoms with Gasteiger partial charge < -0.3 is 10.1 Å². The highest BCUT2D eigenvalue weighted by molar-refractivity contribution is 7.89. The number of nitrogens with zero attached hydrogens (tertiary/aromatic N) is 2. The van der Waals surface area contributed by atoms with Crippen molar-refractivity contribution in [1.29, 1.82) is 0 Å². The maximum absolute atomic E-state index is 13.0. The number of nitrogens with one attached hydrogen (secondary N) is 1. The number of benzene rings is 1. The molecule has 7 nitrogen and oxygen atoms in total. The minimum Gasteiger partial charge on any atom is -0.453 e. The lowest BCUT2D eigenvalue weighted by atomic mass is 10.2. The number of pyridine rings is 1. The number of sulfonamides is 1. The maximum Gasteiger partial charge on any atom is 0.407 e. The average Bonchev–Trinajstić information content (AvgIpc) is 3.03. The molecule has 24 heavy (non-hydrogen) atoms. The molecule has 0 radical (unpaired) electrons. The summed E-state index contributed by atoms with van der Waals surface area (Å²) < 4.78 is 31.9. The number of hydrogen-bond donors (Lipinski definition) is 1. The third-order valence-electron chi connectivity index (χ3n) is 3.97. The summed E-state index contributed by atoms with van der Waals surface area (Å²) in [5.74, 6) is 0. The molecule has 0 aliphatic carbocycles. The first-order valence-electron chi connectivity index (χ1n) is 7.30. The molecule has 1 fully saturated rings. The summed E-state index contributed by atoms with van der Waals surface area (Å²) in [6.07, 6.45) is 1.51. The van der Waals surface area contributed by atoms with E-state index in [2.05, 4.69) is 15.0 Å². The fourth-order valence-corrected chi connectivity index (χ4v) is 4.63. The number of carbonyl (C=O) groups excluding carboxylic acids is 1. The number of aromatic nitrogens is 1. The highest BCUT2D eigenvalue weighted by atomic mass is 35.5. The molecule has 0 bridgehead atoms. The zero-order valence-corrected chi connectivity index (χ0v) is 14.5. The smallest absolute Gasteiger partial charge is 0.407 e. The van der Waals surface area contributed by atoms with Gasteiger partial charge in [-0.2, -0.15) is 4.31 Å². The van der Waals surface area contributed by atoms with Crippen molar-refractivity contribution in [2.24, 2.45) is 0 Å².